The molecule has 1 saturated heterocycles. The molecule has 0 atom stereocenters. The third-order valence-corrected chi connectivity index (χ3v) is 4.73. The molecule has 1 aliphatic rings. The van der Waals surface area contributed by atoms with Gasteiger partial charge < -0.3 is 24.1 Å². The van der Waals surface area contributed by atoms with Crippen molar-refractivity contribution in [3.05, 3.63) is 36.3 Å². The second-order valence-corrected chi connectivity index (χ2v) is 6.68. The van der Waals surface area contributed by atoms with Crippen LogP contribution in [0.4, 0.5) is 0 Å². The van der Waals surface area contributed by atoms with Gasteiger partial charge in [-0.3, -0.25) is 9.79 Å². The molecule has 0 unspecified atom stereocenters. The molecular weight excluding hydrogens is 358 g/mol. The lowest BCUT2D eigenvalue weighted by Gasteiger charge is -2.36. The number of hydrogen-bond acceptors (Lipinski definition) is 5. The summed E-state index contributed by atoms with van der Waals surface area (Å²) in [6, 6.07) is 3.45. The van der Waals surface area contributed by atoms with E-state index in [1.54, 1.807) is 18.5 Å². The van der Waals surface area contributed by atoms with Gasteiger partial charge in [-0.1, -0.05) is 13.8 Å². The van der Waals surface area contributed by atoms with E-state index in [2.05, 4.69) is 38.8 Å². The van der Waals surface area contributed by atoms with E-state index < -0.39 is 0 Å². The second kappa shape index (κ2) is 9.91. The van der Waals surface area contributed by atoms with Crippen molar-refractivity contribution in [3.8, 4) is 0 Å². The number of carbonyl (C=O) groups is 1. The van der Waals surface area contributed by atoms with Gasteiger partial charge in [0.05, 0.1) is 6.26 Å². The van der Waals surface area contributed by atoms with Gasteiger partial charge in [0.1, 0.15) is 12.2 Å². The number of furan rings is 1. The molecule has 1 fully saturated rings. The molecule has 2 aromatic rings. The van der Waals surface area contributed by atoms with Crippen molar-refractivity contribution in [1.29, 1.82) is 0 Å². The number of carbonyl (C=O) groups excluding carboxylic acids is 1. The summed E-state index contributed by atoms with van der Waals surface area (Å²) < 4.78 is 7.29. The van der Waals surface area contributed by atoms with Crippen LogP contribution in [0.3, 0.4) is 0 Å². The highest BCUT2D eigenvalue weighted by atomic mass is 16.3. The van der Waals surface area contributed by atoms with Crippen LogP contribution in [0.15, 0.2) is 34.1 Å². The molecule has 0 saturated carbocycles. The first kappa shape index (κ1) is 19.9. The average molecular weight is 387 g/mol. The number of hydrogen-bond donors (Lipinski definition) is 1. The fourth-order valence-electron chi connectivity index (χ4n) is 3.19. The van der Waals surface area contributed by atoms with Gasteiger partial charge in [0.2, 0.25) is 0 Å². The van der Waals surface area contributed by atoms with E-state index in [1.165, 1.54) is 6.26 Å². The molecule has 3 rings (SSSR count). The predicted octanol–water partition coefficient (Wildman–Crippen LogP) is 1.25. The van der Waals surface area contributed by atoms with Crippen LogP contribution in [0.5, 0.6) is 0 Å². The number of aliphatic imine (C=N–C) groups is 1. The van der Waals surface area contributed by atoms with Crippen LogP contribution in [-0.2, 0) is 13.0 Å². The molecule has 28 heavy (non-hydrogen) atoms. The molecule has 152 valence electrons. The summed E-state index contributed by atoms with van der Waals surface area (Å²) in [4.78, 5) is 21.2. The molecule has 1 N–H and O–H groups in total. The normalized spacial score (nSPS) is 15.1. The van der Waals surface area contributed by atoms with Crippen molar-refractivity contribution in [3.63, 3.8) is 0 Å². The van der Waals surface area contributed by atoms with E-state index >= 15 is 0 Å². The first-order valence-corrected chi connectivity index (χ1v) is 9.95. The summed E-state index contributed by atoms with van der Waals surface area (Å²) in [6.07, 6.45) is 5.15. The zero-order valence-electron chi connectivity index (χ0n) is 16.7. The first-order valence-electron chi connectivity index (χ1n) is 9.95. The standard InChI is InChI=1S/C19H29N7O2/c1-3-7-20-19(21-8-9-26-15-22-23-17(26)4-2)25-12-10-24(11-13-25)18(27)16-6-5-14-28-16/h5-6,14-15H,3-4,7-13H2,1-2H3,(H,20,21). The van der Waals surface area contributed by atoms with Crippen molar-refractivity contribution in [2.45, 2.75) is 33.2 Å². The monoisotopic (exact) mass is 387 g/mol. The van der Waals surface area contributed by atoms with Crippen molar-refractivity contribution in [2.75, 3.05) is 39.3 Å². The Hall–Kier alpha value is -2.84. The molecule has 0 bridgehead atoms. The fourth-order valence-corrected chi connectivity index (χ4v) is 3.19. The van der Waals surface area contributed by atoms with Gasteiger partial charge >= 0.3 is 0 Å². The van der Waals surface area contributed by atoms with E-state index in [-0.39, 0.29) is 5.91 Å². The van der Waals surface area contributed by atoms with E-state index in [0.717, 1.165) is 57.3 Å². The Balaban J connectivity index is 1.53. The lowest BCUT2D eigenvalue weighted by molar-refractivity contribution is 0.0657. The van der Waals surface area contributed by atoms with Gasteiger partial charge in [-0.05, 0) is 18.6 Å². The number of nitrogens with one attached hydrogen (secondary N) is 1. The Bertz CT molecular complexity index is 761. The van der Waals surface area contributed by atoms with Crippen molar-refractivity contribution >= 4 is 11.9 Å². The summed E-state index contributed by atoms with van der Waals surface area (Å²) in [5.74, 6) is 2.23. The van der Waals surface area contributed by atoms with Gasteiger partial charge in [0.15, 0.2) is 11.7 Å². The summed E-state index contributed by atoms with van der Waals surface area (Å²) in [7, 11) is 0. The van der Waals surface area contributed by atoms with Crippen molar-refractivity contribution < 1.29 is 9.21 Å². The predicted molar refractivity (Wildman–Crippen MR) is 106 cm³/mol. The van der Waals surface area contributed by atoms with Crippen LogP contribution in [0.2, 0.25) is 0 Å². The Morgan fingerprint density at radius 1 is 1.25 bits per heavy atom. The van der Waals surface area contributed by atoms with Crippen LogP contribution >= 0.6 is 0 Å². The summed E-state index contributed by atoms with van der Waals surface area (Å²) in [5, 5.41) is 11.6. The topological polar surface area (TPSA) is 91.8 Å². The van der Waals surface area contributed by atoms with Gasteiger partial charge in [-0.2, -0.15) is 0 Å². The molecule has 0 radical (unpaired) electrons. The third kappa shape index (κ3) is 4.90. The van der Waals surface area contributed by atoms with Gasteiger partial charge in [0.25, 0.3) is 5.91 Å². The lowest BCUT2D eigenvalue weighted by atomic mass is 10.3. The number of nitrogens with zero attached hydrogens (tertiary/aromatic N) is 6. The zero-order chi connectivity index (χ0) is 19.8. The van der Waals surface area contributed by atoms with E-state index in [4.69, 9.17) is 9.41 Å². The minimum Gasteiger partial charge on any atom is -0.459 e. The van der Waals surface area contributed by atoms with Gasteiger partial charge in [0, 0.05) is 52.2 Å². The van der Waals surface area contributed by atoms with E-state index in [9.17, 15) is 4.79 Å². The molecule has 2 aromatic heterocycles. The molecule has 9 heteroatoms. The molecule has 0 spiro atoms. The quantitative estimate of drug-likeness (QED) is 0.568. The minimum atomic E-state index is -0.0515. The summed E-state index contributed by atoms with van der Waals surface area (Å²) in [5.41, 5.74) is 0. The number of guanidine groups is 1. The van der Waals surface area contributed by atoms with Crippen molar-refractivity contribution in [1.82, 2.24) is 29.9 Å². The van der Waals surface area contributed by atoms with Crippen LogP contribution in [0, 0.1) is 0 Å². The Labute approximate surface area is 165 Å². The molecule has 3 heterocycles. The largest absolute Gasteiger partial charge is 0.459 e. The Morgan fingerprint density at radius 3 is 2.71 bits per heavy atom. The smallest absolute Gasteiger partial charge is 0.289 e. The molecule has 9 nitrogen and oxygen atoms in total. The highest BCUT2D eigenvalue weighted by Gasteiger charge is 2.25. The number of amides is 1. The minimum absolute atomic E-state index is 0.0515. The number of piperazine rings is 1. The summed E-state index contributed by atoms with van der Waals surface area (Å²) >= 11 is 0. The fraction of sp³-hybridized carbons (Fsp3) is 0.579. The van der Waals surface area contributed by atoms with Crippen LogP contribution in [-0.4, -0.2) is 75.7 Å². The van der Waals surface area contributed by atoms with Crippen LogP contribution in [0.25, 0.3) is 0 Å². The molecular formula is C19H29N7O2. The zero-order valence-corrected chi connectivity index (χ0v) is 16.7. The highest BCUT2D eigenvalue weighted by Crippen LogP contribution is 2.09. The first-order chi connectivity index (χ1) is 13.7. The van der Waals surface area contributed by atoms with Gasteiger partial charge in [-0.15, -0.1) is 10.2 Å². The maximum absolute atomic E-state index is 12.4. The maximum Gasteiger partial charge on any atom is 0.289 e. The van der Waals surface area contributed by atoms with E-state index in [0.29, 0.717) is 18.8 Å². The lowest BCUT2D eigenvalue weighted by Crippen LogP contribution is -2.54. The van der Waals surface area contributed by atoms with Crippen LogP contribution < -0.4 is 5.32 Å². The summed E-state index contributed by atoms with van der Waals surface area (Å²) in [6.45, 7) is 9.30. The number of aryl methyl sites for hydroxylation is 1. The molecule has 0 aliphatic carbocycles. The molecule has 1 aliphatic heterocycles. The second-order valence-electron chi connectivity index (χ2n) is 6.68. The SMILES string of the molecule is CCCN=C(NCCn1cnnc1CC)N1CCN(C(=O)c2ccco2)CC1. The maximum atomic E-state index is 12.4. The average Bonchev–Trinajstić information content (AvgIpc) is 3.42. The highest BCUT2D eigenvalue weighted by molar-refractivity contribution is 5.91. The third-order valence-electron chi connectivity index (χ3n) is 4.73. The molecule has 1 amide bonds. The Kier molecular flexibility index (Phi) is 7.05. The Morgan fingerprint density at radius 2 is 2.04 bits per heavy atom. The number of aromatic nitrogens is 3. The molecule has 0 aromatic carbocycles. The van der Waals surface area contributed by atoms with Crippen molar-refractivity contribution in [2.24, 2.45) is 4.99 Å². The number of rotatable bonds is 7. The van der Waals surface area contributed by atoms with Crippen LogP contribution in [0.1, 0.15) is 36.6 Å². The van der Waals surface area contributed by atoms with Gasteiger partial charge in [-0.25, -0.2) is 0 Å². The van der Waals surface area contributed by atoms with E-state index in [1.807, 2.05) is 4.90 Å².